The van der Waals surface area contributed by atoms with E-state index in [9.17, 15) is 9.59 Å². The standard InChI is InChI=1S/C15H26N2O3/c1-15(2)7-3-6-12(15)16-14(20)17-8-4-5-11(10-17)9-13(18)19/h11-12H,3-10H2,1-2H3,(H,16,20)(H,18,19). The van der Waals surface area contributed by atoms with Crippen molar-refractivity contribution in [3.63, 3.8) is 0 Å². The molecule has 20 heavy (non-hydrogen) atoms. The van der Waals surface area contributed by atoms with E-state index in [0.717, 1.165) is 32.2 Å². The number of carboxylic acids is 1. The monoisotopic (exact) mass is 282 g/mol. The number of amides is 2. The molecule has 0 radical (unpaired) electrons. The largest absolute Gasteiger partial charge is 0.481 e. The van der Waals surface area contributed by atoms with Crippen LogP contribution in [0.4, 0.5) is 4.79 Å². The zero-order valence-corrected chi connectivity index (χ0v) is 12.5. The number of aliphatic carboxylic acids is 1. The molecule has 0 aromatic heterocycles. The van der Waals surface area contributed by atoms with Crippen molar-refractivity contribution in [2.75, 3.05) is 13.1 Å². The van der Waals surface area contributed by atoms with Crippen LogP contribution in [-0.2, 0) is 4.79 Å². The molecule has 114 valence electrons. The second kappa shape index (κ2) is 6.02. The fraction of sp³-hybridized carbons (Fsp3) is 0.867. The van der Waals surface area contributed by atoms with E-state index in [-0.39, 0.29) is 29.8 Å². The third kappa shape index (κ3) is 3.64. The van der Waals surface area contributed by atoms with Crippen LogP contribution in [0.1, 0.15) is 52.4 Å². The maximum atomic E-state index is 12.3. The number of carboxylic acid groups (broad SMARTS) is 1. The molecule has 0 bridgehead atoms. The molecule has 2 aliphatic rings. The summed E-state index contributed by atoms with van der Waals surface area (Å²) in [7, 11) is 0. The minimum Gasteiger partial charge on any atom is -0.481 e. The van der Waals surface area contributed by atoms with Gasteiger partial charge in [0.25, 0.3) is 0 Å². The summed E-state index contributed by atoms with van der Waals surface area (Å²) in [5, 5.41) is 12.0. The van der Waals surface area contributed by atoms with Crippen LogP contribution in [0.3, 0.4) is 0 Å². The molecule has 1 saturated heterocycles. The van der Waals surface area contributed by atoms with Crippen molar-refractivity contribution in [2.45, 2.75) is 58.4 Å². The lowest BCUT2D eigenvalue weighted by molar-refractivity contribution is -0.138. The van der Waals surface area contributed by atoms with Gasteiger partial charge in [0.1, 0.15) is 0 Å². The normalized spacial score (nSPS) is 29.2. The molecule has 0 aromatic rings. The lowest BCUT2D eigenvalue weighted by atomic mass is 9.87. The van der Waals surface area contributed by atoms with Gasteiger partial charge in [0.2, 0.25) is 0 Å². The number of rotatable bonds is 3. The highest BCUT2D eigenvalue weighted by Crippen LogP contribution is 2.37. The number of carbonyl (C=O) groups is 2. The minimum atomic E-state index is -0.769. The van der Waals surface area contributed by atoms with Gasteiger partial charge in [0.15, 0.2) is 0 Å². The summed E-state index contributed by atoms with van der Waals surface area (Å²) >= 11 is 0. The van der Waals surface area contributed by atoms with E-state index in [1.807, 2.05) is 0 Å². The molecule has 2 amide bonds. The summed E-state index contributed by atoms with van der Waals surface area (Å²) in [5.41, 5.74) is 0.173. The van der Waals surface area contributed by atoms with Crippen LogP contribution in [0.15, 0.2) is 0 Å². The third-order valence-electron chi connectivity index (χ3n) is 4.82. The Morgan fingerprint density at radius 1 is 1.30 bits per heavy atom. The number of urea groups is 1. The first-order chi connectivity index (χ1) is 9.38. The second-order valence-electron chi connectivity index (χ2n) is 6.94. The van der Waals surface area contributed by atoms with Crippen molar-refractivity contribution in [1.82, 2.24) is 10.2 Å². The summed E-state index contributed by atoms with van der Waals surface area (Å²) in [6.07, 6.45) is 5.34. The molecule has 2 rings (SSSR count). The molecule has 2 unspecified atom stereocenters. The third-order valence-corrected chi connectivity index (χ3v) is 4.82. The van der Waals surface area contributed by atoms with E-state index < -0.39 is 5.97 Å². The van der Waals surface area contributed by atoms with Crippen LogP contribution in [0.5, 0.6) is 0 Å². The number of piperidine rings is 1. The Morgan fingerprint density at radius 2 is 2.05 bits per heavy atom. The summed E-state index contributed by atoms with van der Waals surface area (Å²) < 4.78 is 0. The fourth-order valence-corrected chi connectivity index (χ4v) is 3.50. The molecule has 5 heteroatoms. The Bertz CT molecular complexity index is 381. The van der Waals surface area contributed by atoms with Crippen molar-refractivity contribution in [3.8, 4) is 0 Å². The second-order valence-corrected chi connectivity index (χ2v) is 6.94. The van der Waals surface area contributed by atoms with Crippen molar-refractivity contribution in [3.05, 3.63) is 0 Å². The Balaban J connectivity index is 1.87. The maximum absolute atomic E-state index is 12.3. The van der Waals surface area contributed by atoms with Crippen LogP contribution in [0.25, 0.3) is 0 Å². The van der Waals surface area contributed by atoms with Gasteiger partial charge in [-0.2, -0.15) is 0 Å². The van der Waals surface area contributed by atoms with Crippen LogP contribution in [-0.4, -0.2) is 41.1 Å². The summed E-state index contributed by atoms with van der Waals surface area (Å²) in [6.45, 7) is 5.73. The van der Waals surface area contributed by atoms with Gasteiger partial charge in [-0.25, -0.2) is 4.79 Å². The summed E-state index contributed by atoms with van der Waals surface area (Å²) in [5.74, 6) is -0.669. The smallest absolute Gasteiger partial charge is 0.317 e. The van der Waals surface area contributed by atoms with E-state index in [0.29, 0.717) is 6.54 Å². The molecule has 1 heterocycles. The number of likely N-dealkylation sites (tertiary alicyclic amines) is 1. The Labute approximate surface area is 120 Å². The number of nitrogens with zero attached hydrogens (tertiary/aromatic N) is 1. The van der Waals surface area contributed by atoms with Gasteiger partial charge in [-0.05, 0) is 37.0 Å². The van der Waals surface area contributed by atoms with Crippen LogP contribution < -0.4 is 5.32 Å². The number of hydrogen-bond acceptors (Lipinski definition) is 2. The van der Waals surface area contributed by atoms with E-state index in [1.165, 1.54) is 6.42 Å². The van der Waals surface area contributed by atoms with E-state index >= 15 is 0 Å². The van der Waals surface area contributed by atoms with Crippen LogP contribution in [0, 0.1) is 11.3 Å². The van der Waals surface area contributed by atoms with Gasteiger partial charge < -0.3 is 15.3 Å². The predicted molar refractivity (Wildman–Crippen MR) is 76.5 cm³/mol. The summed E-state index contributed by atoms with van der Waals surface area (Å²) in [6, 6.07) is 0.231. The number of nitrogens with one attached hydrogen (secondary N) is 1. The molecule has 0 spiro atoms. The Hall–Kier alpha value is -1.26. The minimum absolute atomic E-state index is 0.0138. The molecule has 0 aromatic carbocycles. The molecular weight excluding hydrogens is 256 g/mol. The predicted octanol–water partition coefficient (Wildman–Crippen LogP) is 2.46. The van der Waals surface area contributed by atoms with Gasteiger partial charge in [-0.15, -0.1) is 0 Å². The number of hydrogen-bond donors (Lipinski definition) is 2. The lowest BCUT2D eigenvalue weighted by Crippen LogP contribution is -2.51. The maximum Gasteiger partial charge on any atom is 0.317 e. The van der Waals surface area contributed by atoms with E-state index in [1.54, 1.807) is 4.90 Å². The first-order valence-corrected chi connectivity index (χ1v) is 7.66. The van der Waals surface area contributed by atoms with Gasteiger partial charge in [-0.3, -0.25) is 4.79 Å². The van der Waals surface area contributed by atoms with Crippen molar-refractivity contribution < 1.29 is 14.7 Å². The van der Waals surface area contributed by atoms with E-state index in [2.05, 4.69) is 19.2 Å². The molecule has 2 N–H and O–H groups in total. The lowest BCUT2D eigenvalue weighted by Gasteiger charge is -2.35. The molecule has 1 saturated carbocycles. The molecule has 1 aliphatic heterocycles. The average molecular weight is 282 g/mol. The highest BCUT2D eigenvalue weighted by molar-refractivity contribution is 5.75. The fourth-order valence-electron chi connectivity index (χ4n) is 3.50. The first-order valence-electron chi connectivity index (χ1n) is 7.66. The zero-order chi connectivity index (χ0) is 14.8. The Kier molecular flexibility index (Phi) is 4.55. The highest BCUT2D eigenvalue weighted by atomic mass is 16.4. The molecular formula is C15H26N2O3. The highest BCUT2D eigenvalue weighted by Gasteiger charge is 2.36. The van der Waals surface area contributed by atoms with Crippen molar-refractivity contribution in [1.29, 1.82) is 0 Å². The van der Waals surface area contributed by atoms with Gasteiger partial charge in [-0.1, -0.05) is 20.3 Å². The van der Waals surface area contributed by atoms with Crippen molar-refractivity contribution >= 4 is 12.0 Å². The quantitative estimate of drug-likeness (QED) is 0.835. The van der Waals surface area contributed by atoms with Gasteiger partial charge >= 0.3 is 12.0 Å². The van der Waals surface area contributed by atoms with Crippen LogP contribution in [0.2, 0.25) is 0 Å². The SMILES string of the molecule is CC1(C)CCCC1NC(=O)N1CCCC(CC(=O)O)C1. The zero-order valence-electron chi connectivity index (χ0n) is 12.5. The Morgan fingerprint density at radius 3 is 2.65 bits per heavy atom. The molecule has 2 atom stereocenters. The molecule has 1 aliphatic carbocycles. The van der Waals surface area contributed by atoms with Crippen molar-refractivity contribution in [2.24, 2.45) is 11.3 Å². The first kappa shape index (κ1) is 15.1. The van der Waals surface area contributed by atoms with Gasteiger partial charge in [0, 0.05) is 25.6 Å². The van der Waals surface area contributed by atoms with E-state index in [4.69, 9.17) is 5.11 Å². The molecule has 5 nitrogen and oxygen atoms in total. The molecule has 2 fully saturated rings. The topological polar surface area (TPSA) is 69.6 Å². The summed E-state index contributed by atoms with van der Waals surface area (Å²) in [4.78, 5) is 24.9. The average Bonchev–Trinajstić information content (AvgIpc) is 2.68. The number of carbonyl (C=O) groups excluding carboxylic acids is 1. The van der Waals surface area contributed by atoms with Gasteiger partial charge in [0.05, 0.1) is 0 Å². The van der Waals surface area contributed by atoms with Crippen LogP contribution >= 0.6 is 0 Å².